The number of piperazine rings is 1. The second-order valence-corrected chi connectivity index (χ2v) is 7.03. The van der Waals surface area contributed by atoms with Crippen molar-refractivity contribution in [2.24, 2.45) is 0 Å². The molecule has 2 aromatic heterocycles. The number of nitrogens with zero attached hydrogens (tertiary/aromatic N) is 5. The fraction of sp³-hybridized carbons (Fsp3) is 0.389. The second-order valence-electron chi connectivity index (χ2n) is 6.22. The Balaban J connectivity index is 1.45. The Kier molecular flexibility index (Phi) is 4.40. The fourth-order valence-corrected chi connectivity index (χ4v) is 4.19. The van der Waals surface area contributed by atoms with Crippen LogP contribution in [0, 0.1) is 0 Å². The number of aromatic nitrogens is 3. The van der Waals surface area contributed by atoms with Crippen LogP contribution in [0.5, 0.6) is 0 Å². The van der Waals surface area contributed by atoms with E-state index in [0.717, 1.165) is 38.4 Å². The monoisotopic (exact) mass is 355 g/mol. The highest BCUT2D eigenvalue weighted by molar-refractivity contribution is 7.13. The smallest absolute Gasteiger partial charge is 0.247 e. The van der Waals surface area contributed by atoms with Crippen LogP contribution >= 0.6 is 11.5 Å². The van der Waals surface area contributed by atoms with Crippen LogP contribution in [0.4, 0.5) is 5.82 Å². The number of carbonyl (C=O) groups is 1. The van der Waals surface area contributed by atoms with Gasteiger partial charge in [-0.15, -0.1) is 0 Å². The molecule has 25 heavy (non-hydrogen) atoms. The molecule has 0 aliphatic carbocycles. The van der Waals surface area contributed by atoms with Gasteiger partial charge in [0.1, 0.15) is 11.9 Å². The second kappa shape index (κ2) is 6.84. The summed E-state index contributed by atoms with van der Waals surface area (Å²) in [6, 6.07) is 9.97. The fourth-order valence-electron chi connectivity index (χ4n) is 3.39. The molecule has 1 saturated heterocycles. The quantitative estimate of drug-likeness (QED) is 0.722. The first-order valence-electron chi connectivity index (χ1n) is 8.65. The lowest BCUT2D eigenvalue weighted by Crippen LogP contribution is -2.50. The van der Waals surface area contributed by atoms with Gasteiger partial charge < -0.3 is 9.80 Å². The average molecular weight is 355 g/mol. The van der Waals surface area contributed by atoms with Crippen LogP contribution in [0.2, 0.25) is 0 Å². The Morgan fingerprint density at radius 1 is 1.20 bits per heavy atom. The van der Waals surface area contributed by atoms with Gasteiger partial charge in [0.05, 0.1) is 4.70 Å². The molecular weight excluding hydrogens is 334 g/mol. The van der Waals surface area contributed by atoms with Gasteiger partial charge in [-0.1, -0.05) is 19.1 Å². The minimum Gasteiger partial charge on any atom is -0.352 e. The van der Waals surface area contributed by atoms with Crippen LogP contribution in [0.25, 0.3) is 10.1 Å². The maximum absolute atomic E-state index is 12.9. The van der Waals surface area contributed by atoms with Gasteiger partial charge in [0.15, 0.2) is 0 Å². The van der Waals surface area contributed by atoms with Gasteiger partial charge in [0.25, 0.3) is 0 Å². The minimum atomic E-state index is -0.207. The first-order valence-corrected chi connectivity index (χ1v) is 9.42. The number of hydrogen-bond donors (Lipinski definition) is 0. The van der Waals surface area contributed by atoms with Crippen LogP contribution in [-0.4, -0.2) is 51.1 Å². The number of anilines is 1. The Hall–Kier alpha value is -2.41. The van der Waals surface area contributed by atoms with Gasteiger partial charge in [0, 0.05) is 44.0 Å². The number of hydrogen-bond acceptors (Lipinski definition) is 5. The van der Waals surface area contributed by atoms with Crippen molar-refractivity contribution in [3.63, 3.8) is 0 Å². The van der Waals surface area contributed by atoms with E-state index in [2.05, 4.69) is 32.6 Å². The van der Waals surface area contributed by atoms with Crippen molar-refractivity contribution in [3.05, 3.63) is 42.7 Å². The third-order valence-corrected chi connectivity index (χ3v) is 5.58. The molecule has 0 N–H and O–H groups in total. The summed E-state index contributed by atoms with van der Waals surface area (Å²) in [6.45, 7) is 5.11. The molecule has 130 valence electrons. The van der Waals surface area contributed by atoms with Crippen molar-refractivity contribution in [2.45, 2.75) is 19.4 Å². The summed E-state index contributed by atoms with van der Waals surface area (Å²) >= 11 is 1.54. The first kappa shape index (κ1) is 16.1. The third-order valence-electron chi connectivity index (χ3n) is 4.77. The molecular formula is C18H21N5OS. The van der Waals surface area contributed by atoms with Crippen molar-refractivity contribution >= 4 is 33.3 Å². The molecule has 1 fully saturated rings. The predicted molar refractivity (Wildman–Crippen MR) is 100.0 cm³/mol. The lowest BCUT2D eigenvalue weighted by atomic mass is 10.1. The molecule has 4 rings (SSSR count). The summed E-state index contributed by atoms with van der Waals surface area (Å²) < 4.78 is 7.61. The number of fused-ring (bicyclic) bond motifs is 1. The molecule has 0 bridgehead atoms. The van der Waals surface area contributed by atoms with E-state index < -0.39 is 0 Å². The molecule has 6 nitrogen and oxygen atoms in total. The van der Waals surface area contributed by atoms with Gasteiger partial charge in [-0.25, -0.2) is 0 Å². The Bertz CT molecular complexity index is 851. The van der Waals surface area contributed by atoms with Gasteiger partial charge >= 0.3 is 0 Å². The minimum absolute atomic E-state index is 0.161. The molecule has 3 aromatic rings. The lowest BCUT2D eigenvalue weighted by molar-refractivity contribution is -0.135. The molecule has 7 heteroatoms. The van der Waals surface area contributed by atoms with Crippen molar-refractivity contribution < 1.29 is 4.79 Å². The van der Waals surface area contributed by atoms with Crippen LogP contribution in [-0.2, 0) is 4.79 Å². The van der Waals surface area contributed by atoms with E-state index in [1.54, 1.807) is 10.9 Å². The van der Waals surface area contributed by atoms with E-state index in [1.807, 2.05) is 30.2 Å². The lowest BCUT2D eigenvalue weighted by Gasteiger charge is -2.36. The van der Waals surface area contributed by atoms with Crippen molar-refractivity contribution in [1.29, 1.82) is 0 Å². The highest BCUT2D eigenvalue weighted by Gasteiger charge is 2.28. The van der Waals surface area contributed by atoms with Crippen LogP contribution in [0.3, 0.4) is 0 Å². The molecule has 0 spiro atoms. The number of benzene rings is 1. The van der Waals surface area contributed by atoms with Crippen molar-refractivity contribution in [2.75, 3.05) is 31.1 Å². The summed E-state index contributed by atoms with van der Waals surface area (Å²) in [5.41, 5.74) is 0. The summed E-state index contributed by atoms with van der Waals surface area (Å²) in [5.74, 6) is 1.21. The zero-order valence-electron chi connectivity index (χ0n) is 14.2. The van der Waals surface area contributed by atoms with E-state index in [-0.39, 0.29) is 11.9 Å². The molecule has 0 saturated carbocycles. The SMILES string of the molecule is CC[C@@H](C(=O)N1CCN(c2nsc3ccccc23)CC1)n1cccn1. The van der Waals surface area contributed by atoms with E-state index >= 15 is 0 Å². The maximum atomic E-state index is 12.9. The molecule has 1 atom stereocenters. The van der Waals surface area contributed by atoms with Crippen molar-refractivity contribution in [1.82, 2.24) is 19.1 Å². The largest absolute Gasteiger partial charge is 0.352 e. The summed E-state index contributed by atoms with van der Waals surface area (Å²) in [4.78, 5) is 17.1. The van der Waals surface area contributed by atoms with Crippen LogP contribution < -0.4 is 4.90 Å². The summed E-state index contributed by atoms with van der Waals surface area (Å²) in [6.07, 6.45) is 4.34. The number of carbonyl (C=O) groups excluding carboxylic acids is 1. The van der Waals surface area contributed by atoms with E-state index in [1.165, 1.54) is 21.6 Å². The number of amides is 1. The zero-order chi connectivity index (χ0) is 17.2. The molecule has 1 aliphatic rings. The Labute approximate surface area is 150 Å². The zero-order valence-corrected chi connectivity index (χ0v) is 15.0. The highest BCUT2D eigenvalue weighted by Crippen LogP contribution is 2.30. The molecule has 0 unspecified atom stereocenters. The molecule has 3 heterocycles. The summed E-state index contributed by atoms with van der Waals surface area (Å²) in [7, 11) is 0. The molecule has 1 aromatic carbocycles. The van der Waals surface area contributed by atoms with Crippen molar-refractivity contribution in [3.8, 4) is 0 Å². The third kappa shape index (κ3) is 3.00. The highest BCUT2D eigenvalue weighted by atomic mass is 32.1. The Morgan fingerprint density at radius 3 is 2.72 bits per heavy atom. The van der Waals surface area contributed by atoms with Gasteiger partial charge in [-0.3, -0.25) is 9.48 Å². The molecule has 1 amide bonds. The summed E-state index contributed by atoms with van der Waals surface area (Å²) in [5, 5.41) is 5.45. The van der Waals surface area contributed by atoms with Crippen LogP contribution in [0.1, 0.15) is 19.4 Å². The predicted octanol–water partition coefficient (Wildman–Crippen LogP) is 2.79. The molecule has 1 aliphatic heterocycles. The topological polar surface area (TPSA) is 54.3 Å². The maximum Gasteiger partial charge on any atom is 0.247 e. The Morgan fingerprint density at radius 2 is 2.00 bits per heavy atom. The van der Waals surface area contributed by atoms with E-state index in [9.17, 15) is 4.79 Å². The first-order chi connectivity index (χ1) is 12.3. The number of rotatable bonds is 4. The van der Waals surface area contributed by atoms with Gasteiger partial charge in [0.2, 0.25) is 5.91 Å². The van der Waals surface area contributed by atoms with E-state index in [4.69, 9.17) is 0 Å². The van der Waals surface area contributed by atoms with Gasteiger partial charge in [-0.05, 0) is 36.2 Å². The molecule has 0 radical (unpaired) electrons. The normalized spacial score (nSPS) is 16.4. The van der Waals surface area contributed by atoms with Gasteiger partial charge in [-0.2, -0.15) is 9.47 Å². The van der Waals surface area contributed by atoms with Crippen LogP contribution in [0.15, 0.2) is 42.7 Å². The average Bonchev–Trinajstić information content (AvgIpc) is 3.32. The standard InChI is InChI=1S/C18H21N5OS/c1-2-15(23-9-5-8-19-23)18(24)22-12-10-21(11-13-22)17-14-6-3-4-7-16(14)25-20-17/h3-9,15H,2,10-13H2,1H3/t15-/m0/s1. The van der Waals surface area contributed by atoms with E-state index in [0.29, 0.717) is 0 Å².